The zero-order valence-electron chi connectivity index (χ0n) is 12.2. The van der Waals surface area contributed by atoms with Gasteiger partial charge in [-0.1, -0.05) is 13.8 Å². The molecule has 20 heavy (non-hydrogen) atoms. The average molecular weight is 314 g/mol. The lowest BCUT2D eigenvalue weighted by atomic mass is 10.0. The van der Waals surface area contributed by atoms with Crippen LogP contribution in [0.3, 0.4) is 0 Å². The van der Waals surface area contributed by atoms with E-state index in [9.17, 15) is 9.90 Å². The van der Waals surface area contributed by atoms with Gasteiger partial charge >= 0.3 is 5.97 Å². The molecule has 0 aromatic carbocycles. The van der Waals surface area contributed by atoms with Crippen molar-refractivity contribution in [1.82, 2.24) is 4.98 Å². The van der Waals surface area contributed by atoms with Crippen LogP contribution in [0.5, 0.6) is 0 Å². The molecular formula is C14H22N2O2S2. The van der Waals surface area contributed by atoms with Gasteiger partial charge in [-0.05, 0) is 31.9 Å². The second-order valence-electron chi connectivity index (χ2n) is 5.20. The normalized spacial score (nSPS) is 18.1. The fourth-order valence-corrected chi connectivity index (χ4v) is 4.47. The van der Waals surface area contributed by atoms with Crippen LogP contribution in [0.25, 0.3) is 0 Å². The summed E-state index contributed by atoms with van der Waals surface area (Å²) in [4.78, 5) is 16.8. The van der Waals surface area contributed by atoms with Crippen molar-refractivity contribution < 1.29 is 9.90 Å². The maximum absolute atomic E-state index is 11.2. The third-order valence-electron chi connectivity index (χ3n) is 4.30. The Morgan fingerprint density at radius 3 is 2.80 bits per heavy atom. The van der Waals surface area contributed by atoms with E-state index in [1.807, 2.05) is 11.8 Å². The first-order chi connectivity index (χ1) is 9.55. The lowest BCUT2D eigenvalue weighted by Crippen LogP contribution is -2.31. The van der Waals surface area contributed by atoms with Gasteiger partial charge in [-0.25, -0.2) is 4.98 Å². The molecule has 6 heteroatoms. The van der Waals surface area contributed by atoms with Gasteiger partial charge in [0.25, 0.3) is 0 Å². The number of hydrogen-bond donors (Lipinski definition) is 2. The van der Waals surface area contributed by atoms with Crippen molar-refractivity contribution in [1.29, 1.82) is 0 Å². The second-order valence-corrected chi connectivity index (χ2v) is 7.56. The Kier molecular flexibility index (Phi) is 4.96. The predicted octanol–water partition coefficient (Wildman–Crippen LogP) is 3.59. The largest absolute Gasteiger partial charge is 0.481 e. The number of carbonyl (C=O) groups is 1. The smallest absolute Gasteiger partial charge is 0.312 e. The summed E-state index contributed by atoms with van der Waals surface area (Å²) < 4.78 is 0.238. The highest BCUT2D eigenvalue weighted by Crippen LogP contribution is 2.39. The quantitative estimate of drug-likeness (QED) is 0.805. The Morgan fingerprint density at radius 1 is 1.55 bits per heavy atom. The molecule has 0 aliphatic heterocycles. The highest BCUT2D eigenvalue weighted by Gasteiger charge is 2.33. The number of anilines is 1. The van der Waals surface area contributed by atoms with Gasteiger partial charge in [0.2, 0.25) is 0 Å². The molecule has 1 aromatic rings. The number of rotatable bonds is 7. The van der Waals surface area contributed by atoms with E-state index in [0.717, 1.165) is 41.5 Å². The van der Waals surface area contributed by atoms with Gasteiger partial charge < -0.3 is 10.4 Å². The molecular weight excluding hydrogens is 292 g/mol. The number of fused-ring (bicyclic) bond motifs is 1. The maximum atomic E-state index is 11.2. The molecule has 112 valence electrons. The van der Waals surface area contributed by atoms with Gasteiger partial charge in [-0.3, -0.25) is 4.79 Å². The molecule has 0 fully saturated rings. The summed E-state index contributed by atoms with van der Waals surface area (Å²) >= 11 is 3.51. The van der Waals surface area contributed by atoms with Crippen LogP contribution in [-0.4, -0.2) is 33.6 Å². The molecule has 0 spiro atoms. The Hall–Kier alpha value is -0.750. The number of aryl methyl sites for hydroxylation is 1. The lowest BCUT2D eigenvalue weighted by Gasteiger charge is -2.29. The number of thioether (sulfide) groups is 1. The fraction of sp³-hybridized carbons (Fsp3) is 0.714. The molecule has 1 heterocycles. The van der Waals surface area contributed by atoms with E-state index in [2.05, 4.69) is 30.4 Å². The summed E-state index contributed by atoms with van der Waals surface area (Å²) in [6.45, 7) is 5.30. The number of thiazole rings is 1. The van der Waals surface area contributed by atoms with Crippen molar-refractivity contribution in [3.63, 3.8) is 0 Å². The van der Waals surface area contributed by atoms with Gasteiger partial charge in [0, 0.05) is 16.2 Å². The van der Waals surface area contributed by atoms with Crippen molar-refractivity contribution in [2.24, 2.45) is 0 Å². The first-order valence-electron chi connectivity index (χ1n) is 7.06. The third kappa shape index (κ3) is 2.96. The Labute approximate surface area is 128 Å². The summed E-state index contributed by atoms with van der Waals surface area (Å²) in [5.41, 5.74) is 0.785. The number of carboxylic acid groups (broad SMARTS) is 1. The molecule has 1 aliphatic rings. The number of nitrogens with one attached hydrogen (secondary N) is 1. The zero-order valence-corrected chi connectivity index (χ0v) is 13.9. The van der Waals surface area contributed by atoms with Crippen LogP contribution in [0, 0.1) is 0 Å². The summed E-state index contributed by atoms with van der Waals surface area (Å²) in [7, 11) is 0. The predicted molar refractivity (Wildman–Crippen MR) is 86.1 cm³/mol. The monoisotopic (exact) mass is 314 g/mol. The van der Waals surface area contributed by atoms with Crippen molar-refractivity contribution in [3.8, 4) is 0 Å². The van der Waals surface area contributed by atoms with E-state index in [0.29, 0.717) is 6.42 Å². The summed E-state index contributed by atoms with van der Waals surface area (Å²) in [6, 6.07) is 0. The molecule has 0 radical (unpaired) electrons. The molecule has 1 unspecified atom stereocenters. The second kappa shape index (κ2) is 6.35. The number of hydrogen-bond acceptors (Lipinski definition) is 5. The van der Waals surface area contributed by atoms with E-state index in [4.69, 9.17) is 0 Å². The van der Waals surface area contributed by atoms with Crippen LogP contribution >= 0.6 is 23.1 Å². The number of aliphatic carboxylic acids is 1. The number of carboxylic acids is 1. The SMILES string of the molecule is CCC(CC)(CNc1nc2c(s1)CCC2C(=O)O)SC. The molecule has 1 aliphatic carbocycles. The van der Waals surface area contributed by atoms with Crippen molar-refractivity contribution >= 4 is 34.2 Å². The van der Waals surface area contributed by atoms with Crippen LogP contribution in [0.15, 0.2) is 0 Å². The molecule has 2 rings (SSSR count). The average Bonchev–Trinajstić information content (AvgIpc) is 3.00. The summed E-state index contributed by atoms with van der Waals surface area (Å²) in [5.74, 6) is -1.15. The maximum Gasteiger partial charge on any atom is 0.312 e. The van der Waals surface area contributed by atoms with E-state index in [1.54, 1.807) is 11.3 Å². The van der Waals surface area contributed by atoms with E-state index in [-0.39, 0.29) is 4.75 Å². The van der Waals surface area contributed by atoms with Crippen LogP contribution in [0.1, 0.15) is 49.6 Å². The molecule has 1 aromatic heterocycles. The Bertz CT molecular complexity index is 475. The standard InChI is InChI=1S/C14H22N2O2S2/c1-4-14(5-2,19-3)8-15-13-16-11-9(12(17)18)6-7-10(11)20-13/h9H,4-8H2,1-3H3,(H,15,16)(H,17,18). The molecule has 0 saturated carbocycles. The minimum atomic E-state index is -0.749. The first kappa shape index (κ1) is 15.6. The Morgan fingerprint density at radius 2 is 2.25 bits per heavy atom. The molecule has 2 N–H and O–H groups in total. The molecule has 0 saturated heterocycles. The number of nitrogens with zero attached hydrogens (tertiary/aromatic N) is 1. The van der Waals surface area contributed by atoms with Crippen molar-refractivity contribution in [3.05, 3.63) is 10.6 Å². The summed E-state index contributed by atoms with van der Waals surface area (Å²) in [5, 5.41) is 13.5. The highest BCUT2D eigenvalue weighted by atomic mass is 32.2. The van der Waals surface area contributed by atoms with Gasteiger partial charge in [0.15, 0.2) is 5.13 Å². The van der Waals surface area contributed by atoms with E-state index in [1.165, 1.54) is 0 Å². The van der Waals surface area contributed by atoms with Gasteiger partial charge in [-0.15, -0.1) is 11.3 Å². The van der Waals surface area contributed by atoms with Gasteiger partial charge in [0.1, 0.15) is 5.92 Å². The molecule has 0 bridgehead atoms. The van der Waals surface area contributed by atoms with Gasteiger partial charge in [-0.2, -0.15) is 11.8 Å². The molecule has 0 amide bonds. The van der Waals surface area contributed by atoms with Crippen LogP contribution in [0.2, 0.25) is 0 Å². The minimum Gasteiger partial charge on any atom is -0.481 e. The highest BCUT2D eigenvalue weighted by molar-refractivity contribution is 8.00. The number of aromatic nitrogens is 1. The first-order valence-corrected chi connectivity index (χ1v) is 9.10. The Balaban J connectivity index is 2.06. The van der Waals surface area contributed by atoms with Crippen molar-refractivity contribution in [2.75, 3.05) is 18.1 Å². The molecule has 4 nitrogen and oxygen atoms in total. The van der Waals surface area contributed by atoms with Crippen LogP contribution < -0.4 is 5.32 Å². The van der Waals surface area contributed by atoms with Gasteiger partial charge in [0.05, 0.1) is 5.69 Å². The minimum absolute atomic E-state index is 0.238. The zero-order chi connectivity index (χ0) is 14.8. The topological polar surface area (TPSA) is 62.2 Å². The van der Waals surface area contributed by atoms with Crippen LogP contribution in [-0.2, 0) is 11.2 Å². The fourth-order valence-electron chi connectivity index (χ4n) is 2.64. The van der Waals surface area contributed by atoms with Crippen molar-refractivity contribution in [2.45, 2.75) is 50.2 Å². The third-order valence-corrected chi connectivity index (χ3v) is 6.98. The van der Waals surface area contributed by atoms with E-state index < -0.39 is 11.9 Å². The lowest BCUT2D eigenvalue weighted by molar-refractivity contribution is -0.138. The van der Waals surface area contributed by atoms with Crippen LogP contribution in [0.4, 0.5) is 5.13 Å². The summed E-state index contributed by atoms with van der Waals surface area (Å²) in [6.07, 6.45) is 5.92. The molecule has 1 atom stereocenters. The van der Waals surface area contributed by atoms with E-state index >= 15 is 0 Å².